The summed E-state index contributed by atoms with van der Waals surface area (Å²) in [6.07, 6.45) is -4.06. The second-order valence-electron chi connectivity index (χ2n) is 10.3. The molecule has 2 atom stereocenters. The Kier molecular flexibility index (Phi) is 8.79. The SMILES string of the molecule is COC(=O)C1CCN(C(=O)c2ccc(NCc3nc4cc(C(F)(F)F)ccc4nc3-c3ccccc3)cc2)C(C(=O)OC)C1. The Hall–Kier alpha value is -5.00. The first kappa shape index (κ1) is 30.5. The molecule has 1 aromatic heterocycles. The van der Waals surface area contributed by atoms with Crippen LogP contribution in [0.4, 0.5) is 18.9 Å². The van der Waals surface area contributed by atoms with Crippen molar-refractivity contribution in [2.75, 3.05) is 26.1 Å². The number of nitrogens with zero attached hydrogens (tertiary/aromatic N) is 3. The fourth-order valence-electron chi connectivity index (χ4n) is 5.25. The highest BCUT2D eigenvalue weighted by Gasteiger charge is 2.40. The normalized spacial score (nSPS) is 16.8. The average Bonchev–Trinajstić information content (AvgIpc) is 3.05. The van der Waals surface area contributed by atoms with Crippen LogP contribution in [0.1, 0.15) is 34.5 Å². The highest BCUT2D eigenvalue weighted by atomic mass is 19.4. The third-order valence-electron chi connectivity index (χ3n) is 7.57. The number of esters is 2. The first-order valence-corrected chi connectivity index (χ1v) is 13.8. The van der Waals surface area contributed by atoms with Crippen LogP contribution in [-0.4, -0.2) is 59.5 Å². The van der Waals surface area contributed by atoms with Gasteiger partial charge in [-0.15, -0.1) is 0 Å². The second-order valence-corrected chi connectivity index (χ2v) is 10.3. The van der Waals surface area contributed by atoms with E-state index in [1.165, 1.54) is 25.2 Å². The molecule has 0 spiro atoms. The molecule has 44 heavy (non-hydrogen) atoms. The van der Waals surface area contributed by atoms with Crippen molar-refractivity contribution in [1.29, 1.82) is 0 Å². The summed E-state index contributed by atoms with van der Waals surface area (Å²) in [5, 5.41) is 3.21. The lowest BCUT2D eigenvalue weighted by molar-refractivity contribution is -0.153. The third-order valence-corrected chi connectivity index (χ3v) is 7.57. The number of anilines is 1. The lowest BCUT2D eigenvalue weighted by Crippen LogP contribution is -2.51. The van der Waals surface area contributed by atoms with Crippen molar-refractivity contribution in [3.8, 4) is 11.3 Å². The minimum atomic E-state index is -4.51. The Bertz CT molecular complexity index is 1680. The Labute approximate surface area is 251 Å². The maximum absolute atomic E-state index is 13.4. The molecule has 1 aliphatic rings. The summed E-state index contributed by atoms with van der Waals surface area (Å²) in [6, 6.07) is 18.1. The van der Waals surface area contributed by atoms with E-state index in [1.807, 2.05) is 30.3 Å². The summed E-state index contributed by atoms with van der Waals surface area (Å²) in [4.78, 5) is 48.5. The van der Waals surface area contributed by atoms with Gasteiger partial charge in [0.25, 0.3) is 5.91 Å². The Morgan fingerprint density at radius 2 is 1.61 bits per heavy atom. The standard InChI is InChI=1S/C32H29F3N4O5/c1-43-30(41)21-14-15-39(27(16-21)31(42)44-2)29(40)20-8-11-23(12-9-20)36-18-26-28(19-6-4-3-5-7-19)38-24-13-10-22(32(33,34)35)17-25(24)37-26/h3-13,17,21,27,36H,14-16,18H2,1-2H3. The molecular weight excluding hydrogens is 577 g/mol. The minimum absolute atomic E-state index is 0.103. The number of piperidine rings is 1. The van der Waals surface area contributed by atoms with E-state index in [0.29, 0.717) is 34.6 Å². The van der Waals surface area contributed by atoms with Crippen molar-refractivity contribution < 1.29 is 37.0 Å². The molecule has 0 radical (unpaired) electrons. The van der Waals surface area contributed by atoms with E-state index in [1.54, 1.807) is 24.3 Å². The number of hydrogen-bond donors (Lipinski definition) is 1. The van der Waals surface area contributed by atoms with Crippen molar-refractivity contribution in [3.63, 3.8) is 0 Å². The van der Waals surface area contributed by atoms with Gasteiger partial charge in [0, 0.05) is 23.4 Å². The van der Waals surface area contributed by atoms with Gasteiger partial charge in [-0.05, 0) is 55.3 Å². The first-order valence-electron chi connectivity index (χ1n) is 13.8. The molecule has 9 nitrogen and oxygen atoms in total. The average molecular weight is 607 g/mol. The molecule has 228 valence electrons. The molecule has 2 unspecified atom stereocenters. The van der Waals surface area contributed by atoms with E-state index < -0.39 is 35.6 Å². The number of amides is 1. The number of rotatable bonds is 7. The molecule has 1 amide bonds. The van der Waals surface area contributed by atoms with Gasteiger partial charge in [-0.25, -0.2) is 14.8 Å². The Balaban J connectivity index is 1.36. The van der Waals surface area contributed by atoms with Crippen LogP contribution in [0.25, 0.3) is 22.3 Å². The van der Waals surface area contributed by atoms with Gasteiger partial charge < -0.3 is 19.7 Å². The maximum Gasteiger partial charge on any atom is 0.416 e. The number of methoxy groups -OCH3 is 2. The number of halogens is 3. The predicted octanol–water partition coefficient (Wildman–Crippen LogP) is 5.49. The number of carbonyl (C=O) groups excluding carboxylic acids is 3. The van der Waals surface area contributed by atoms with Crippen LogP contribution in [0.5, 0.6) is 0 Å². The minimum Gasteiger partial charge on any atom is -0.469 e. The van der Waals surface area contributed by atoms with E-state index in [2.05, 4.69) is 15.3 Å². The van der Waals surface area contributed by atoms with Gasteiger partial charge in [0.15, 0.2) is 0 Å². The Morgan fingerprint density at radius 3 is 2.27 bits per heavy atom. The van der Waals surface area contributed by atoms with Crippen LogP contribution in [0, 0.1) is 5.92 Å². The monoisotopic (exact) mass is 606 g/mol. The van der Waals surface area contributed by atoms with Gasteiger partial charge >= 0.3 is 18.1 Å². The summed E-state index contributed by atoms with van der Waals surface area (Å²) in [5.41, 5.74) is 2.33. The molecule has 1 aliphatic heterocycles. The predicted molar refractivity (Wildman–Crippen MR) is 155 cm³/mol. The molecule has 0 aliphatic carbocycles. The molecule has 1 N–H and O–H groups in total. The molecule has 2 heterocycles. The fourth-order valence-corrected chi connectivity index (χ4v) is 5.25. The van der Waals surface area contributed by atoms with E-state index in [9.17, 15) is 27.6 Å². The van der Waals surface area contributed by atoms with Crippen LogP contribution in [0.2, 0.25) is 0 Å². The zero-order valence-corrected chi connectivity index (χ0v) is 23.9. The molecule has 1 fully saturated rings. The van der Waals surface area contributed by atoms with E-state index in [4.69, 9.17) is 9.47 Å². The first-order chi connectivity index (χ1) is 21.1. The van der Waals surface area contributed by atoms with Crippen molar-refractivity contribution in [2.45, 2.75) is 31.6 Å². The fraction of sp³-hybridized carbons (Fsp3) is 0.281. The molecule has 0 bridgehead atoms. The molecule has 5 rings (SSSR count). The number of aromatic nitrogens is 2. The van der Waals surface area contributed by atoms with E-state index in [-0.39, 0.29) is 30.9 Å². The maximum atomic E-state index is 13.4. The van der Waals surface area contributed by atoms with Gasteiger partial charge in [0.1, 0.15) is 6.04 Å². The number of alkyl halides is 3. The quantitative estimate of drug-likeness (QED) is 0.275. The van der Waals surface area contributed by atoms with Crippen molar-refractivity contribution in [1.82, 2.24) is 14.9 Å². The summed E-state index contributed by atoms with van der Waals surface area (Å²) in [6.45, 7) is 0.319. The molecular formula is C32H29F3N4O5. The van der Waals surface area contributed by atoms with Crippen molar-refractivity contribution in [2.24, 2.45) is 5.92 Å². The van der Waals surface area contributed by atoms with Gasteiger partial charge in [0.05, 0.1) is 54.7 Å². The van der Waals surface area contributed by atoms with Crippen LogP contribution < -0.4 is 5.32 Å². The third kappa shape index (κ3) is 6.48. The van der Waals surface area contributed by atoms with Crippen LogP contribution in [-0.2, 0) is 31.8 Å². The van der Waals surface area contributed by atoms with E-state index >= 15 is 0 Å². The number of hydrogen-bond acceptors (Lipinski definition) is 8. The largest absolute Gasteiger partial charge is 0.469 e. The molecule has 12 heteroatoms. The van der Waals surface area contributed by atoms with Crippen molar-refractivity contribution in [3.05, 3.63) is 89.6 Å². The number of benzene rings is 3. The van der Waals surface area contributed by atoms with Gasteiger partial charge in [-0.3, -0.25) is 9.59 Å². The van der Waals surface area contributed by atoms with Gasteiger partial charge in [0.2, 0.25) is 0 Å². The Morgan fingerprint density at radius 1 is 0.909 bits per heavy atom. The zero-order valence-electron chi connectivity index (χ0n) is 23.9. The summed E-state index contributed by atoms with van der Waals surface area (Å²) >= 11 is 0. The number of carbonyl (C=O) groups is 3. The van der Waals surface area contributed by atoms with Crippen LogP contribution in [0.3, 0.4) is 0 Å². The topological polar surface area (TPSA) is 111 Å². The number of likely N-dealkylation sites (tertiary alicyclic amines) is 1. The highest BCUT2D eigenvalue weighted by Crippen LogP contribution is 2.32. The summed E-state index contributed by atoms with van der Waals surface area (Å²) in [5.74, 6) is -1.95. The summed E-state index contributed by atoms with van der Waals surface area (Å²) < 4.78 is 49.8. The number of ether oxygens (including phenoxy) is 2. The second kappa shape index (κ2) is 12.7. The molecule has 1 saturated heterocycles. The lowest BCUT2D eigenvalue weighted by atomic mass is 9.90. The summed E-state index contributed by atoms with van der Waals surface area (Å²) in [7, 11) is 2.51. The zero-order chi connectivity index (χ0) is 31.4. The van der Waals surface area contributed by atoms with Crippen molar-refractivity contribution >= 4 is 34.6 Å². The van der Waals surface area contributed by atoms with Crippen LogP contribution >= 0.6 is 0 Å². The van der Waals surface area contributed by atoms with Gasteiger partial charge in [-0.1, -0.05) is 30.3 Å². The van der Waals surface area contributed by atoms with Gasteiger partial charge in [-0.2, -0.15) is 13.2 Å². The van der Waals surface area contributed by atoms with E-state index in [0.717, 1.165) is 17.7 Å². The molecule has 0 saturated carbocycles. The molecule has 4 aromatic rings. The lowest BCUT2D eigenvalue weighted by Gasteiger charge is -2.36. The van der Waals surface area contributed by atoms with Crippen LogP contribution in [0.15, 0.2) is 72.8 Å². The number of fused-ring (bicyclic) bond motifs is 1. The number of nitrogens with one attached hydrogen (secondary N) is 1. The highest BCUT2D eigenvalue weighted by molar-refractivity contribution is 5.97. The smallest absolute Gasteiger partial charge is 0.416 e. The molecule has 3 aromatic carbocycles.